The molecule has 0 bridgehead atoms. The first kappa shape index (κ1) is 20.1. The van der Waals surface area contributed by atoms with Crippen LogP contribution in [-0.2, 0) is 11.3 Å². The number of fused-ring (bicyclic) bond motifs is 2. The van der Waals surface area contributed by atoms with Crippen LogP contribution in [0.25, 0.3) is 22.1 Å². The van der Waals surface area contributed by atoms with E-state index in [1.165, 1.54) is 12.5 Å². The van der Waals surface area contributed by atoms with Crippen molar-refractivity contribution >= 4 is 39.8 Å². The highest BCUT2D eigenvalue weighted by Gasteiger charge is 2.20. The van der Waals surface area contributed by atoms with Crippen molar-refractivity contribution in [3.8, 4) is 0 Å². The number of carbonyl (C=O) groups is 2. The number of aromatic nitrogens is 4. The monoisotopic (exact) mass is 424 g/mol. The van der Waals surface area contributed by atoms with E-state index in [0.29, 0.717) is 27.8 Å². The zero-order valence-electron chi connectivity index (χ0n) is 17.0. The van der Waals surface area contributed by atoms with Crippen LogP contribution < -0.4 is 16.4 Å². The minimum atomic E-state index is -0.650. The number of anilines is 1. The number of carbonyl (C=O) groups excluding carboxylic acids is 2. The highest BCUT2D eigenvalue weighted by Crippen LogP contribution is 2.23. The number of aromatic amines is 2. The van der Waals surface area contributed by atoms with E-state index in [1.807, 2.05) is 0 Å². The molecule has 0 saturated heterocycles. The Labute approximate surface area is 175 Å². The van der Waals surface area contributed by atoms with Crippen molar-refractivity contribution in [2.45, 2.75) is 32.9 Å². The second-order valence-corrected chi connectivity index (χ2v) is 7.80. The number of oxazole rings is 1. The van der Waals surface area contributed by atoms with Gasteiger partial charge in [-0.05, 0) is 38.5 Å². The summed E-state index contributed by atoms with van der Waals surface area (Å²) in [5.74, 6) is -0.971. The van der Waals surface area contributed by atoms with Crippen LogP contribution >= 0.6 is 0 Å². The summed E-state index contributed by atoms with van der Waals surface area (Å²) in [6.07, 6.45) is 2.13. The van der Waals surface area contributed by atoms with Crippen molar-refractivity contribution in [1.29, 1.82) is 0 Å². The molecule has 0 saturated carbocycles. The average molecular weight is 424 g/mol. The first-order valence-electron chi connectivity index (χ1n) is 9.41. The Morgan fingerprint density at radius 3 is 2.81 bits per heavy atom. The van der Waals surface area contributed by atoms with E-state index in [4.69, 9.17) is 9.15 Å². The maximum atomic E-state index is 12.7. The molecule has 0 spiro atoms. The molecular formula is C20H20N6O5. The number of nitrogens with zero attached hydrogens (tertiary/aromatic N) is 2. The number of rotatable bonds is 4. The van der Waals surface area contributed by atoms with Gasteiger partial charge in [-0.3, -0.25) is 15.1 Å². The van der Waals surface area contributed by atoms with Gasteiger partial charge in [0.05, 0.1) is 16.7 Å². The van der Waals surface area contributed by atoms with Crippen LogP contribution in [0.15, 0.2) is 39.9 Å². The van der Waals surface area contributed by atoms with Crippen LogP contribution in [0.1, 0.15) is 36.8 Å². The average Bonchev–Trinajstić information content (AvgIpc) is 3.26. The lowest BCUT2D eigenvalue weighted by Crippen LogP contribution is -2.27. The van der Waals surface area contributed by atoms with Gasteiger partial charge < -0.3 is 19.5 Å². The van der Waals surface area contributed by atoms with E-state index < -0.39 is 23.4 Å². The van der Waals surface area contributed by atoms with Crippen LogP contribution in [0.5, 0.6) is 0 Å². The first-order valence-corrected chi connectivity index (χ1v) is 9.41. The summed E-state index contributed by atoms with van der Waals surface area (Å²) >= 11 is 0. The molecule has 160 valence electrons. The molecule has 0 fully saturated rings. The second kappa shape index (κ2) is 7.59. The van der Waals surface area contributed by atoms with Crippen molar-refractivity contribution in [3.05, 3.63) is 52.5 Å². The Morgan fingerprint density at radius 1 is 1.23 bits per heavy atom. The Kier molecular flexibility index (Phi) is 4.93. The summed E-state index contributed by atoms with van der Waals surface area (Å²) in [6.45, 7) is 5.48. The normalized spacial score (nSPS) is 11.6. The Balaban J connectivity index is 1.50. The lowest BCUT2D eigenvalue weighted by molar-refractivity contribution is 0.0636. The minimum Gasteiger partial charge on any atom is -0.444 e. The van der Waals surface area contributed by atoms with Gasteiger partial charge in [0.2, 0.25) is 0 Å². The molecule has 4 aromatic rings. The van der Waals surface area contributed by atoms with Gasteiger partial charge in [0.25, 0.3) is 5.91 Å². The Bertz CT molecular complexity index is 1340. The highest BCUT2D eigenvalue weighted by molar-refractivity contribution is 6.07. The number of nitrogens with one attached hydrogen (secondary N) is 4. The van der Waals surface area contributed by atoms with Gasteiger partial charge in [0.1, 0.15) is 17.4 Å². The predicted octanol–water partition coefficient (Wildman–Crippen LogP) is 2.67. The maximum Gasteiger partial charge on any atom is 0.417 e. The highest BCUT2D eigenvalue weighted by atomic mass is 16.6. The quantitative estimate of drug-likeness (QED) is 0.392. The van der Waals surface area contributed by atoms with Gasteiger partial charge in [-0.1, -0.05) is 6.07 Å². The second-order valence-electron chi connectivity index (χ2n) is 7.80. The number of amides is 2. The molecule has 0 atom stereocenters. The summed E-state index contributed by atoms with van der Waals surface area (Å²) in [7, 11) is 0. The van der Waals surface area contributed by atoms with Gasteiger partial charge in [-0.25, -0.2) is 19.6 Å². The molecule has 0 radical (unpaired) electrons. The van der Waals surface area contributed by atoms with E-state index in [-0.39, 0.29) is 12.2 Å². The third-order valence-electron chi connectivity index (χ3n) is 4.25. The molecule has 1 aromatic carbocycles. The smallest absolute Gasteiger partial charge is 0.417 e. The zero-order valence-corrected chi connectivity index (χ0v) is 17.0. The van der Waals surface area contributed by atoms with Crippen LogP contribution in [0.4, 0.5) is 10.5 Å². The topological polar surface area (TPSA) is 155 Å². The minimum absolute atomic E-state index is 0.125. The van der Waals surface area contributed by atoms with Crippen molar-refractivity contribution in [1.82, 2.24) is 25.3 Å². The van der Waals surface area contributed by atoms with Crippen LogP contribution in [0, 0.1) is 0 Å². The molecule has 0 aliphatic carbocycles. The fraction of sp³-hybridized carbons (Fsp3) is 0.250. The standard InChI is InChI=1S/C20H20N6O5/c1-20(2,3)31-19(29)26-12-8-21-15-14(12)23-9-24-16(15)17(27)22-7-10-4-5-13-11(6-10)25-18(28)30-13/h4-6,8-9,21H,7H2,1-3H3,(H,22,27)(H,25,28)(H,26,29). The van der Waals surface area contributed by atoms with E-state index in [0.717, 1.165) is 5.56 Å². The molecule has 11 nitrogen and oxygen atoms in total. The molecule has 2 amide bonds. The maximum absolute atomic E-state index is 12.7. The number of hydrogen-bond donors (Lipinski definition) is 4. The number of hydrogen-bond acceptors (Lipinski definition) is 7. The third-order valence-corrected chi connectivity index (χ3v) is 4.25. The summed E-state index contributed by atoms with van der Waals surface area (Å²) in [5, 5.41) is 5.39. The number of ether oxygens (including phenoxy) is 1. The van der Waals surface area contributed by atoms with Gasteiger partial charge in [-0.2, -0.15) is 0 Å². The van der Waals surface area contributed by atoms with Gasteiger partial charge in [0.15, 0.2) is 11.3 Å². The molecule has 3 heterocycles. The number of H-pyrrole nitrogens is 2. The van der Waals surface area contributed by atoms with E-state index >= 15 is 0 Å². The van der Waals surface area contributed by atoms with Crippen molar-refractivity contribution in [3.63, 3.8) is 0 Å². The van der Waals surface area contributed by atoms with Crippen molar-refractivity contribution in [2.24, 2.45) is 0 Å². The lowest BCUT2D eigenvalue weighted by atomic mass is 10.2. The van der Waals surface area contributed by atoms with Gasteiger partial charge in [-0.15, -0.1) is 0 Å². The summed E-state index contributed by atoms with van der Waals surface area (Å²) < 4.78 is 10.2. The zero-order chi connectivity index (χ0) is 22.2. The van der Waals surface area contributed by atoms with E-state index in [1.54, 1.807) is 39.0 Å². The van der Waals surface area contributed by atoms with Crippen LogP contribution in [0.3, 0.4) is 0 Å². The van der Waals surface area contributed by atoms with E-state index in [9.17, 15) is 14.4 Å². The predicted molar refractivity (Wildman–Crippen MR) is 112 cm³/mol. The molecule has 11 heteroatoms. The fourth-order valence-corrected chi connectivity index (χ4v) is 3.00. The summed E-state index contributed by atoms with van der Waals surface area (Å²) in [4.78, 5) is 49.7. The van der Waals surface area contributed by atoms with Gasteiger partial charge in [0, 0.05) is 12.7 Å². The first-order chi connectivity index (χ1) is 14.7. The van der Waals surface area contributed by atoms with Gasteiger partial charge >= 0.3 is 11.8 Å². The summed E-state index contributed by atoms with van der Waals surface area (Å²) in [6, 6.07) is 5.11. The lowest BCUT2D eigenvalue weighted by Gasteiger charge is -2.19. The van der Waals surface area contributed by atoms with Crippen LogP contribution in [-0.4, -0.2) is 37.5 Å². The largest absolute Gasteiger partial charge is 0.444 e. The molecule has 31 heavy (non-hydrogen) atoms. The number of benzene rings is 1. The van der Waals surface area contributed by atoms with Crippen molar-refractivity contribution < 1.29 is 18.7 Å². The molecule has 4 rings (SSSR count). The van der Waals surface area contributed by atoms with Crippen LogP contribution in [0.2, 0.25) is 0 Å². The molecule has 0 aliphatic heterocycles. The molecule has 0 unspecified atom stereocenters. The Hall–Kier alpha value is -4.15. The fourth-order valence-electron chi connectivity index (χ4n) is 3.00. The Morgan fingerprint density at radius 2 is 2.03 bits per heavy atom. The molecule has 3 aromatic heterocycles. The SMILES string of the molecule is CC(C)(C)OC(=O)Nc1c[nH]c2c(C(=O)NCc3ccc4oc(=O)[nH]c4c3)ncnc12. The van der Waals surface area contributed by atoms with Crippen molar-refractivity contribution in [2.75, 3.05) is 5.32 Å². The van der Waals surface area contributed by atoms with E-state index in [2.05, 4.69) is 30.6 Å². The summed E-state index contributed by atoms with van der Waals surface area (Å²) in [5.41, 5.74) is 2.35. The molecular weight excluding hydrogens is 404 g/mol. The third kappa shape index (κ3) is 4.39. The molecule has 4 N–H and O–H groups in total. The molecule has 0 aliphatic rings.